The third kappa shape index (κ3) is 3.71. The van der Waals surface area contributed by atoms with Gasteiger partial charge in [0.25, 0.3) is 0 Å². The fraction of sp³-hybridized carbons (Fsp3) is 0.500. The van der Waals surface area contributed by atoms with E-state index in [1.54, 1.807) is 6.07 Å². The van der Waals surface area contributed by atoms with Gasteiger partial charge in [0.1, 0.15) is 17.6 Å². The highest BCUT2D eigenvalue weighted by Crippen LogP contribution is 2.22. The Kier molecular flexibility index (Phi) is 4.16. The van der Waals surface area contributed by atoms with Crippen molar-refractivity contribution in [1.29, 1.82) is 5.26 Å². The molecule has 1 aromatic carbocycles. The molecule has 0 amide bonds. The van der Waals surface area contributed by atoms with Crippen molar-refractivity contribution in [2.45, 2.75) is 44.9 Å². The number of benzene rings is 1. The number of nitrogens with one attached hydrogen (secondary N) is 1. The summed E-state index contributed by atoms with van der Waals surface area (Å²) in [6, 6.07) is 7.23. The molecule has 1 saturated carbocycles. The van der Waals surface area contributed by atoms with E-state index < -0.39 is 6.10 Å². The van der Waals surface area contributed by atoms with Gasteiger partial charge < -0.3 is 10.1 Å². The summed E-state index contributed by atoms with van der Waals surface area (Å²) in [6.45, 7) is 2.50. The largest absolute Gasteiger partial charge is 0.475 e. The second-order valence-electron chi connectivity index (χ2n) is 4.59. The Bertz CT molecular complexity index is 452. The monoisotopic (exact) mass is 248 g/mol. The van der Waals surface area contributed by atoms with Gasteiger partial charge in [-0.3, -0.25) is 0 Å². The Hall–Kier alpha value is -1.60. The molecule has 0 bridgehead atoms. The van der Waals surface area contributed by atoms with Gasteiger partial charge in [0.15, 0.2) is 6.10 Å². The number of hydrogen-bond acceptors (Lipinski definition) is 3. The standard InChI is InChI=1S/C14H17FN2O/c1-2-13(8-16)18-14-6-10(5-11(15)7-14)9-17-12-3-4-12/h5-7,12-13,17H,2-4,9H2,1H3. The van der Waals surface area contributed by atoms with E-state index in [-0.39, 0.29) is 5.82 Å². The van der Waals surface area contributed by atoms with Crippen molar-refractivity contribution in [3.8, 4) is 11.8 Å². The summed E-state index contributed by atoms with van der Waals surface area (Å²) in [7, 11) is 0. The fourth-order valence-electron chi connectivity index (χ4n) is 1.71. The molecule has 0 heterocycles. The lowest BCUT2D eigenvalue weighted by Crippen LogP contribution is -2.16. The maximum atomic E-state index is 13.4. The van der Waals surface area contributed by atoms with E-state index in [9.17, 15) is 4.39 Å². The lowest BCUT2D eigenvalue weighted by molar-refractivity contribution is 0.250. The fourth-order valence-corrected chi connectivity index (χ4v) is 1.71. The van der Waals surface area contributed by atoms with E-state index in [2.05, 4.69) is 5.32 Å². The predicted molar refractivity (Wildman–Crippen MR) is 66.6 cm³/mol. The lowest BCUT2D eigenvalue weighted by atomic mass is 10.2. The summed E-state index contributed by atoms with van der Waals surface area (Å²) in [5, 5.41) is 12.2. The van der Waals surface area contributed by atoms with Gasteiger partial charge >= 0.3 is 0 Å². The molecule has 0 spiro atoms. The van der Waals surface area contributed by atoms with Gasteiger partial charge in [0, 0.05) is 18.7 Å². The molecule has 1 aromatic rings. The highest BCUT2D eigenvalue weighted by atomic mass is 19.1. The van der Waals surface area contributed by atoms with Gasteiger partial charge in [-0.2, -0.15) is 5.26 Å². The molecule has 0 saturated heterocycles. The molecular weight excluding hydrogens is 231 g/mol. The molecule has 0 aliphatic heterocycles. The summed E-state index contributed by atoms with van der Waals surface area (Å²) >= 11 is 0. The maximum Gasteiger partial charge on any atom is 0.184 e. The van der Waals surface area contributed by atoms with Gasteiger partial charge in [-0.05, 0) is 37.0 Å². The molecule has 0 aromatic heterocycles. The minimum atomic E-state index is -0.518. The van der Waals surface area contributed by atoms with E-state index in [1.807, 2.05) is 13.0 Å². The molecule has 1 fully saturated rings. The van der Waals surface area contributed by atoms with Crippen LogP contribution in [0.5, 0.6) is 5.75 Å². The first-order valence-electron chi connectivity index (χ1n) is 6.30. The van der Waals surface area contributed by atoms with Crippen molar-refractivity contribution in [2.24, 2.45) is 0 Å². The zero-order valence-corrected chi connectivity index (χ0v) is 10.4. The van der Waals surface area contributed by atoms with Crippen molar-refractivity contribution in [1.82, 2.24) is 5.32 Å². The third-order valence-corrected chi connectivity index (χ3v) is 2.90. The minimum absolute atomic E-state index is 0.326. The van der Waals surface area contributed by atoms with Crippen LogP contribution in [-0.4, -0.2) is 12.1 Å². The average Bonchev–Trinajstić information content (AvgIpc) is 3.17. The number of ether oxygens (including phenoxy) is 1. The van der Waals surface area contributed by atoms with Crippen LogP contribution in [0.25, 0.3) is 0 Å². The van der Waals surface area contributed by atoms with Crippen LogP contribution in [0.2, 0.25) is 0 Å². The zero-order chi connectivity index (χ0) is 13.0. The minimum Gasteiger partial charge on any atom is -0.475 e. The van der Waals surface area contributed by atoms with Crippen molar-refractivity contribution < 1.29 is 9.13 Å². The number of halogens is 1. The zero-order valence-electron chi connectivity index (χ0n) is 10.4. The summed E-state index contributed by atoms with van der Waals surface area (Å²) < 4.78 is 18.9. The quantitative estimate of drug-likeness (QED) is 0.842. The van der Waals surface area contributed by atoms with E-state index >= 15 is 0 Å². The van der Waals surface area contributed by atoms with Crippen LogP contribution in [0, 0.1) is 17.1 Å². The number of rotatable bonds is 6. The van der Waals surface area contributed by atoms with Gasteiger partial charge in [0.05, 0.1) is 0 Å². The Morgan fingerprint density at radius 1 is 1.50 bits per heavy atom. The van der Waals surface area contributed by atoms with E-state index in [4.69, 9.17) is 10.00 Å². The van der Waals surface area contributed by atoms with Crippen LogP contribution in [0.1, 0.15) is 31.7 Å². The Morgan fingerprint density at radius 2 is 2.28 bits per heavy atom. The SMILES string of the molecule is CCC(C#N)Oc1cc(F)cc(CNC2CC2)c1. The predicted octanol–water partition coefficient (Wildman–Crippen LogP) is 2.76. The second-order valence-corrected chi connectivity index (χ2v) is 4.59. The van der Waals surface area contributed by atoms with Crippen LogP contribution in [0.15, 0.2) is 18.2 Å². The molecule has 2 rings (SSSR count). The van der Waals surface area contributed by atoms with E-state index in [0.29, 0.717) is 24.8 Å². The molecule has 0 radical (unpaired) electrons. The summed E-state index contributed by atoms with van der Waals surface area (Å²) in [6.07, 6.45) is 2.47. The maximum absolute atomic E-state index is 13.4. The Balaban J connectivity index is 2.02. The van der Waals surface area contributed by atoms with Crippen LogP contribution in [-0.2, 0) is 6.54 Å². The smallest absolute Gasteiger partial charge is 0.184 e. The molecule has 1 aliphatic rings. The van der Waals surface area contributed by atoms with Crippen molar-refractivity contribution >= 4 is 0 Å². The molecule has 1 atom stereocenters. The highest BCUT2D eigenvalue weighted by Gasteiger charge is 2.20. The van der Waals surface area contributed by atoms with Crippen LogP contribution in [0.3, 0.4) is 0 Å². The lowest BCUT2D eigenvalue weighted by Gasteiger charge is -2.12. The number of nitriles is 1. The molecule has 1 aliphatic carbocycles. The molecule has 4 heteroatoms. The van der Waals surface area contributed by atoms with E-state index in [0.717, 1.165) is 5.56 Å². The average molecular weight is 248 g/mol. The Labute approximate surface area is 107 Å². The van der Waals surface area contributed by atoms with Gasteiger partial charge in [-0.15, -0.1) is 0 Å². The molecular formula is C14H17FN2O. The molecule has 18 heavy (non-hydrogen) atoms. The highest BCUT2D eigenvalue weighted by molar-refractivity contribution is 5.30. The number of nitrogens with zero attached hydrogens (tertiary/aromatic N) is 1. The summed E-state index contributed by atoms with van der Waals surface area (Å²) in [5.74, 6) is 0.101. The van der Waals surface area contributed by atoms with Gasteiger partial charge in [-0.25, -0.2) is 4.39 Å². The van der Waals surface area contributed by atoms with E-state index in [1.165, 1.54) is 25.0 Å². The van der Waals surface area contributed by atoms with Crippen LogP contribution in [0.4, 0.5) is 4.39 Å². The number of hydrogen-bond donors (Lipinski definition) is 1. The van der Waals surface area contributed by atoms with Gasteiger partial charge in [-0.1, -0.05) is 6.92 Å². The topological polar surface area (TPSA) is 45.0 Å². The van der Waals surface area contributed by atoms with Crippen molar-refractivity contribution in [3.05, 3.63) is 29.6 Å². The van der Waals surface area contributed by atoms with Gasteiger partial charge in [0.2, 0.25) is 0 Å². The first-order valence-corrected chi connectivity index (χ1v) is 6.30. The summed E-state index contributed by atoms with van der Waals surface area (Å²) in [5.41, 5.74) is 0.852. The normalized spacial score (nSPS) is 16.1. The third-order valence-electron chi connectivity index (χ3n) is 2.90. The Morgan fingerprint density at radius 3 is 2.89 bits per heavy atom. The second kappa shape index (κ2) is 5.83. The molecule has 1 unspecified atom stereocenters. The first kappa shape index (κ1) is 12.8. The van der Waals surface area contributed by atoms with Crippen molar-refractivity contribution in [2.75, 3.05) is 0 Å². The van der Waals surface area contributed by atoms with Crippen LogP contribution < -0.4 is 10.1 Å². The first-order chi connectivity index (χ1) is 8.71. The molecule has 96 valence electrons. The molecule has 3 nitrogen and oxygen atoms in total. The van der Waals surface area contributed by atoms with Crippen molar-refractivity contribution in [3.63, 3.8) is 0 Å². The summed E-state index contributed by atoms with van der Waals surface area (Å²) in [4.78, 5) is 0. The van der Waals surface area contributed by atoms with Crippen LogP contribution >= 0.6 is 0 Å². The molecule has 1 N–H and O–H groups in total.